The molecule has 0 radical (unpaired) electrons. The molecule has 0 saturated carbocycles. The van der Waals surface area contributed by atoms with Gasteiger partial charge in [0.1, 0.15) is 0 Å². The first-order valence-electron chi connectivity index (χ1n) is 8.45. The second-order valence-electron chi connectivity index (χ2n) is 8.04. The van der Waals surface area contributed by atoms with Crippen LogP contribution in [0.3, 0.4) is 0 Å². The number of amides is 1. The summed E-state index contributed by atoms with van der Waals surface area (Å²) in [4.78, 5) is 23.8. The highest BCUT2D eigenvalue weighted by molar-refractivity contribution is 5.89. The van der Waals surface area contributed by atoms with Crippen molar-refractivity contribution in [2.24, 2.45) is 5.41 Å². The van der Waals surface area contributed by atoms with Gasteiger partial charge in [-0.05, 0) is 49.5 Å². The molecule has 6 nitrogen and oxygen atoms in total. The Hall–Kier alpha value is -2.50. The maximum absolute atomic E-state index is 12.0. The van der Waals surface area contributed by atoms with E-state index in [1.165, 1.54) is 25.3 Å². The summed E-state index contributed by atoms with van der Waals surface area (Å²) >= 11 is 0. The Morgan fingerprint density at radius 2 is 1.85 bits per heavy atom. The molecule has 6 heteroatoms. The molecule has 0 fully saturated rings. The molecule has 0 unspecified atom stereocenters. The van der Waals surface area contributed by atoms with E-state index in [0.717, 1.165) is 6.42 Å². The number of phenolic OH excluding ortho intramolecular Hbond substituents is 1. The Bertz CT molecular complexity index is 671. The number of hydrogen-bond donors (Lipinski definition) is 2. The average Bonchev–Trinajstić information content (AvgIpc) is 2.49. The van der Waals surface area contributed by atoms with Crippen molar-refractivity contribution < 1.29 is 24.2 Å². The van der Waals surface area contributed by atoms with Crippen LogP contribution < -0.4 is 10.1 Å². The lowest BCUT2D eigenvalue weighted by molar-refractivity contribution is -0.144. The number of benzene rings is 1. The minimum atomic E-state index is -0.624. The predicted octanol–water partition coefficient (Wildman–Crippen LogP) is 3.29. The van der Waals surface area contributed by atoms with Crippen molar-refractivity contribution in [2.75, 3.05) is 13.7 Å². The van der Waals surface area contributed by atoms with E-state index in [2.05, 4.69) is 26.1 Å². The highest BCUT2D eigenvalue weighted by Gasteiger charge is 2.27. The van der Waals surface area contributed by atoms with Crippen molar-refractivity contribution in [2.45, 2.75) is 46.6 Å². The number of nitrogens with one attached hydrogen (secondary N) is 1. The number of rotatable bonds is 7. The first kappa shape index (κ1) is 21.5. The summed E-state index contributed by atoms with van der Waals surface area (Å²) < 4.78 is 9.96. The van der Waals surface area contributed by atoms with Crippen molar-refractivity contribution >= 4 is 18.0 Å². The van der Waals surface area contributed by atoms with Crippen molar-refractivity contribution in [1.82, 2.24) is 5.32 Å². The zero-order valence-corrected chi connectivity index (χ0v) is 16.4. The number of hydrogen-bond acceptors (Lipinski definition) is 5. The zero-order valence-electron chi connectivity index (χ0n) is 16.4. The Morgan fingerprint density at radius 1 is 1.19 bits per heavy atom. The van der Waals surface area contributed by atoms with Crippen LogP contribution in [0.25, 0.3) is 6.08 Å². The van der Waals surface area contributed by atoms with Crippen LogP contribution in [0.1, 0.15) is 46.6 Å². The molecule has 0 bridgehead atoms. The maximum atomic E-state index is 12.0. The molecule has 0 atom stereocenters. The highest BCUT2D eigenvalue weighted by atomic mass is 16.5. The summed E-state index contributed by atoms with van der Waals surface area (Å²) in [6.07, 6.45) is 3.54. The SMILES string of the molecule is COc1cc(/C=C/C(=O)OCC(=O)NC(C)(C)CC(C)(C)C)ccc1O. The molecule has 1 amide bonds. The molecule has 0 aliphatic heterocycles. The van der Waals surface area contributed by atoms with Crippen LogP contribution in [0.2, 0.25) is 0 Å². The van der Waals surface area contributed by atoms with Gasteiger partial charge in [0.2, 0.25) is 0 Å². The molecule has 144 valence electrons. The molecule has 0 saturated heterocycles. The van der Waals surface area contributed by atoms with Gasteiger partial charge in [0.25, 0.3) is 5.91 Å². The van der Waals surface area contributed by atoms with Crippen LogP contribution in [-0.2, 0) is 14.3 Å². The third-order valence-electron chi connectivity index (χ3n) is 3.41. The lowest BCUT2D eigenvalue weighted by Gasteiger charge is -2.33. The number of methoxy groups -OCH3 is 1. The Labute approximate surface area is 155 Å². The van der Waals surface area contributed by atoms with Crippen LogP contribution >= 0.6 is 0 Å². The number of carbonyl (C=O) groups excluding carboxylic acids is 2. The third kappa shape index (κ3) is 8.05. The van der Waals surface area contributed by atoms with Gasteiger partial charge in [0.05, 0.1) is 7.11 Å². The van der Waals surface area contributed by atoms with Gasteiger partial charge in [-0.3, -0.25) is 4.79 Å². The van der Waals surface area contributed by atoms with Crippen molar-refractivity contribution in [1.29, 1.82) is 0 Å². The van der Waals surface area contributed by atoms with E-state index in [9.17, 15) is 14.7 Å². The first-order chi connectivity index (χ1) is 11.9. The molecule has 0 aliphatic rings. The van der Waals surface area contributed by atoms with Crippen molar-refractivity contribution in [3.8, 4) is 11.5 Å². The smallest absolute Gasteiger partial charge is 0.331 e. The van der Waals surface area contributed by atoms with Crippen molar-refractivity contribution in [3.63, 3.8) is 0 Å². The van der Waals surface area contributed by atoms with Gasteiger partial charge in [-0.15, -0.1) is 0 Å². The molecule has 2 N–H and O–H groups in total. The fourth-order valence-electron chi connectivity index (χ4n) is 2.93. The van der Waals surface area contributed by atoms with Crippen molar-refractivity contribution in [3.05, 3.63) is 29.8 Å². The van der Waals surface area contributed by atoms with Crippen LogP contribution in [0.4, 0.5) is 0 Å². The number of ether oxygens (including phenoxy) is 2. The predicted molar refractivity (Wildman–Crippen MR) is 101 cm³/mol. The van der Waals surface area contributed by atoms with Gasteiger partial charge in [-0.1, -0.05) is 26.8 Å². The number of carbonyl (C=O) groups is 2. The molecular weight excluding hydrogens is 334 g/mol. The quantitative estimate of drug-likeness (QED) is 0.574. The lowest BCUT2D eigenvalue weighted by atomic mass is 9.82. The Morgan fingerprint density at radius 3 is 2.42 bits per heavy atom. The van der Waals surface area contributed by atoms with Gasteiger partial charge in [-0.25, -0.2) is 4.79 Å². The van der Waals surface area contributed by atoms with Crippen LogP contribution in [-0.4, -0.2) is 36.2 Å². The van der Waals surface area contributed by atoms with E-state index in [0.29, 0.717) is 11.3 Å². The Balaban J connectivity index is 2.52. The minimum absolute atomic E-state index is 0.0155. The number of esters is 1. The summed E-state index contributed by atoms with van der Waals surface area (Å²) in [5.41, 5.74) is 0.342. The summed E-state index contributed by atoms with van der Waals surface area (Å²) in [7, 11) is 1.44. The molecule has 26 heavy (non-hydrogen) atoms. The first-order valence-corrected chi connectivity index (χ1v) is 8.45. The van der Waals surface area contributed by atoms with Crippen LogP contribution in [0.15, 0.2) is 24.3 Å². The second kappa shape index (κ2) is 8.74. The standard InChI is InChI=1S/C20H29NO5/c1-19(2,3)13-20(4,5)21-17(23)12-26-18(24)10-8-14-7-9-15(22)16(11-14)25-6/h7-11,22H,12-13H2,1-6H3,(H,21,23)/b10-8+. The van der Waals surface area contributed by atoms with Gasteiger partial charge in [0.15, 0.2) is 18.1 Å². The molecule has 1 aromatic carbocycles. The molecular formula is C20H29NO5. The van der Waals surface area contributed by atoms with Crippen LogP contribution in [0, 0.1) is 5.41 Å². The topological polar surface area (TPSA) is 84.9 Å². The summed E-state index contributed by atoms with van der Waals surface area (Å²) in [5.74, 6) is -0.643. The monoisotopic (exact) mass is 363 g/mol. The molecule has 0 aliphatic carbocycles. The minimum Gasteiger partial charge on any atom is -0.504 e. The van der Waals surface area contributed by atoms with E-state index in [4.69, 9.17) is 9.47 Å². The molecule has 0 spiro atoms. The second-order valence-corrected chi connectivity index (χ2v) is 8.04. The van der Waals surface area contributed by atoms with Gasteiger partial charge >= 0.3 is 5.97 Å². The van der Waals surface area contributed by atoms with E-state index < -0.39 is 5.97 Å². The molecule has 1 aromatic rings. The maximum Gasteiger partial charge on any atom is 0.331 e. The number of aromatic hydroxyl groups is 1. The van der Waals surface area contributed by atoms with Crippen LogP contribution in [0.5, 0.6) is 11.5 Å². The number of phenols is 1. The summed E-state index contributed by atoms with van der Waals surface area (Å²) in [5, 5.41) is 12.4. The van der Waals surface area contributed by atoms with Gasteiger partial charge < -0.3 is 19.9 Å². The fraction of sp³-hybridized carbons (Fsp3) is 0.500. The largest absolute Gasteiger partial charge is 0.504 e. The normalized spacial score (nSPS) is 12.1. The molecule has 0 heterocycles. The fourth-order valence-corrected chi connectivity index (χ4v) is 2.93. The average molecular weight is 363 g/mol. The summed E-state index contributed by atoms with van der Waals surface area (Å²) in [6.45, 7) is 9.85. The van der Waals surface area contributed by atoms with E-state index in [1.54, 1.807) is 12.1 Å². The highest BCUT2D eigenvalue weighted by Crippen LogP contribution is 2.27. The van der Waals surface area contributed by atoms with E-state index in [-0.39, 0.29) is 29.2 Å². The van der Waals surface area contributed by atoms with E-state index in [1.807, 2.05) is 13.8 Å². The van der Waals surface area contributed by atoms with Gasteiger partial charge in [0, 0.05) is 11.6 Å². The van der Waals surface area contributed by atoms with E-state index >= 15 is 0 Å². The van der Waals surface area contributed by atoms with Gasteiger partial charge in [-0.2, -0.15) is 0 Å². The zero-order chi connectivity index (χ0) is 20.0. The molecule has 0 aromatic heterocycles. The third-order valence-corrected chi connectivity index (χ3v) is 3.41. The lowest BCUT2D eigenvalue weighted by Crippen LogP contribution is -2.47. The Kier molecular flexibility index (Phi) is 7.24. The molecule has 1 rings (SSSR count). The summed E-state index contributed by atoms with van der Waals surface area (Å²) in [6, 6.07) is 4.68.